The molecule has 13 heteroatoms. The molecule has 2 aliphatic rings. The molecule has 71 heavy (non-hydrogen) atoms. The summed E-state index contributed by atoms with van der Waals surface area (Å²) in [6, 6.07) is 52.0. The average Bonchev–Trinajstić information content (AvgIpc) is 3.92. The summed E-state index contributed by atoms with van der Waals surface area (Å²) in [4.78, 5) is 27.3. The van der Waals surface area contributed by atoms with E-state index in [4.69, 9.17) is 23.7 Å². The van der Waals surface area contributed by atoms with Crippen LogP contribution in [0.4, 0.5) is 0 Å². The lowest BCUT2D eigenvalue weighted by Gasteiger charge is -2.49. The summed E-state index contributed by atoms with van der Waals surface area (Å²) < 4.78 is 64.1. The lowest BCUT2D eigenvalue weighted by molar-refractivity contribution is -0.285. The molecule has 1 N–H and O–H groups in total. The lowest BCUT2D eigenvalue weighted by Crippen LogP contribution is -2.67. The Morgan fingerprint density at radius 3 is 1.54 bits per heavy atom. The molecular formula is C58H60N2O10S. The number of hydrogen-bond acceptors (Lipinski definition) is 10. The zero-order valence-corrected chi connectivity index (χ0v) is 40.6. The molecule has 2 amide bonds. The number of unbranched alkanes of at least 4 members (excludes halogenated alkanes) is 4. The minimum absolute atomic E-state index is 0.152. The summed E-state index contributed by atoms with van der Waals surface area (Å²) in [7, 11) is -4.00. The molecule has 9 rings (SSSR count). The molecule has 1 aromatic heterocycles. The molecule has 0 spiro atoms. The molecule has 0 radical (unpaired) electrons. The largest absolute Gasteiger partial charge is 0.387 e. The molecule has 1 aliphatic heterocycles. The second-order valence-electron chi connectivity index (χ2n) is 18.1. The first-order valence-electron chi connectivity index (χ1n) is 24.5. The molecular weight excluding hydrogens is 917 g/mol. The van der Waals surface area contributed by atoms with Gasteiger partial charge in [0.15, 0.2) is 0 Å². The second-order valence-corrected chi connectivity index (χ2v) is 20.0. The molecule has 7 unspecified atom stereocenters. The summed E-state index contributed by atoms with van der Waals surface area (Å²) >= 11 is 0. The van der Waals surface area contributed by atoms with Crippen LogP contribution in [0, 0.1) is 0 Å². The van der Waals surface area contributed by atoms with Crippen molar-refractivity contribution in [2.45, 2.75) is 106 Å². The Labute approximate surface area is 415 Å². The zero-order chi connectivity index (χ0) is 49.2. The third-order valence-corrected chi connectivity index (χ3v) is 15.0. The standard InChI is InChI=1S/C58H60N2O10S/c1-41(49-37-60(50-34-20-19-31-46(49)50)71(64,65)45-29-15-8-16-30-45)70-53-51(61)52(66-36-22-4-2-3-21-35-59-57(62)47-32-17-18-33-48(47)58(59)63)54(67-38-42-23-9-5-10-24-42)56(69-40-44-27-13-7-14-28-44)55(53)68-39-43-25-11-6-12-26-43/h5-20,23-34,37,41,51-56,61H,2-4,21-22,35-36,38-40H2,1H3. The SMILES string of the molecule is CC(OC1C(O)C(OCCCCCCCN2C(=O)c3ccccc3C2=O)C(OCc2ccccc2)C(OCc2ccccc2)C1OCc1ccccc1)c1cn(S(=O)(=O)c2ccccc2)c2ccccc12. The molecule has 0 saturated heterocycles. The van der Waals surface area contributed by atoms with Gasteiger partial charge in [-0.05, 0) is 66.8 Å². The highest BCUT2D eigenvalue weighted by Crippen LogP contribution is 2.39. The van der Waals surface area contributed by atoms with E-state index in [1.54, 1.807) is 72.9 Å². The third-order valence-electron chi connectivity index (χ3n) is 13.3. The van der Waals surface area contributed by atoms with Gasteiger partial charge in [-0.25, -0.2) is 12.4 Å². The van der Waals surface area contributed by atoms with Gasteiger partial charge < -0.3 is 28.8 Å². The Balaban J connectivity index is 0.988. The molecule has 12 nitrogen and oxygen atoms in total. The first-order valence-corrected chi connectivity index (χ1v) is 25.9. The number of aliphatic hydroxyl groups is 1. The molecule has 1 aliphatic carbocycles. The Morgan fingerprint density at radius 1 is 0.521 bits per heavy atom. The van der Waals surface area contributed by atoms with Gasteiger partial charge in [-0.3, -0.25) is 14.5 Å². The third kappa shape index (κ3) is 11.4. The van der Waals surface area contributed by atoms with E-state index in [0.29, 0.717) is 53.6 Å². The Bertz CT molecular complexity index is 2920. The highest BCUT2D eigenvalue weighted by Gasteiger charge is 2.54. The Morgan fingerprint density at radius 2 is 0.972 bits per heavy atom. The van der Waals surface area contributed by atoms with Crippen LogP contribution < -0.4 is 0 Å². The summed E-state index contributed by atoms with van der Waals surface area (Å²) in [6.45, 7) is 3.09. The van der Waals surface area contributed by atoms with Crippen molar-refractivity contribution in [1.82, 2.24) is 8.87 Å². The number of nitrogens with zero attached hydrogens (tertiary/aromatic N) is 2. The highest BCUT2D eigenvalue weighted by molar-refractivity contribution is 7.90. The van der Waals surface area contributed by atoms with Crippen LogP contribution in [-0.2, 0) is 53.5 Å². The normalized spacial score (nSPS) is 20.6. The fraction of sp³-hybridized carbons (Fsp3) is 0.310. The summed E-state index contributed by atoms with van der Waals surface area (Å²) in [5.41, 5.74) is 4.78. The Hall–Kier alpha value is -6.29. The number of benzene rings is 6. The number of aromatic nitrogens is 1. The maximum Gasteiger partial charge on any atom is 0.268 e. The first-order chi connectivity index (χ1) is 34.7. The van der Waals surface area contributed by atoms with Crippen LogP contribution in [-0.4, -0.2) is 84.0 Å². The second kappa shape index (κ2) is 23.3. The van der Waals surface area contributed by atoms with Crippen molar-refractivity contribution in [2.24, 2.45) is 0 Å². The molecule has 0 bridgehead atoms. The van der Waals surface area contributed by atoms with Crippen molar-refractivity contribution < 1.29 is 46.8 Å². The van der Waals surface area contributed by atoms with Crippen LogP contribution >= 0.6 is 0 Å². The van der Waals surface area contributed by atoms with Crippen LogP contribution in [0.15, 0.2) is 181 Å². The maximum atomic E-state index is 14.2. The zero-order valence-electron chi connectivity index (χ0n) is 39.8. The summed E-state index contributed by atoms with van der Waals surface area (Å²) in [6.07, 6.45) is -1.17. The number of aliphatic hydroxyl groups excluding tert-OH is 1. The first kappa shape index (κ1) is 49.7. The van der Waals surface area contributed by atoms with Crippen molar-refractivity contribution in [3.05, 3.63) is 209 Å². The van der Waals surface area contributed by atoms with Gasteiger partial charge in [0.05, 0.1) is 47.5 Å². The number of imide groups is 1. The molecule has 7 aromatic rings. The van der Waals surface area contributed by atoms with E-state index >= 15 is 0 Å². The van der Waals surface area contributed by atoms with Gasteiger partial charge in [0.2, 0.25) is 0 Å². The van der Waals surface area contributed by atoms with Crippen LogP contribution in [0.1, 0.15) is 88.1 Å². The molecule has 7 atom stereocenters. The number of hydrogen-bond donors (Lipinski definition) is 1. The van der Waals surface area contributed by atoms with Crippen LogP contribution in [0.25, 0.3) is 10.9 Å². The monoisotopic (exact) mass is 976 g/mol. The van der Waals surface area contributed by atoms with Crippen molar-refractivity contribution in [2.75, 3.05) is 13.2 Å². The van der Waals surface area contributed by atoms with Gasteiger partial charge in [-0.2, -0.15) is 0 Å². The maximum absolute atomic E-state index is 14.2. The average molecular weight is 977 g/mol. The van der Waals surface area contributed by atoms with Gasteiger partial charge in [0.1, 0.15) is 36.6 Å². The number of ether oxygens (including phenoxy) is 5. The van der Waals surface area contributed by atoms with E-state index in [1.807, 2.05) is 110 Å². The summed E-state index contributed by atoms with van der Waals surface area (Å²) in [5.74, 6) is -0.487. The van der Waals surface area contributed by atoms with Crippen molar-refractivity contribution in [1.29, 1.82) is 0 Å². The minimum atomic E-state index is -4.00. The smallest absolute Gasteiger partial charge is 0.268 e. The van der Waals surface area contributed by atoms with Gasteiger partial charge in [-0.1, -0.05) is 159 Å². The number of para-hydroxylation sites is 1. The topological polar surface area (TPSA) is 143 Å². The molecule has 368 valence electrons. The molecule has 1 fully saturated rings. The quantitative estimate of drug-likeness (QED) is 0.0486. The molecule has 2 heterocycles. The number of carbonyl (C=O) groups excluding carboxylic acids is 2. The van der Waals surface area contributed by atoms with Gasteiger partial charge in [0.25, 0.3) is 21.8 Å². The van der Waals surface area contributed by atoms with Gasteiger partial charge in [0, 0.05) is 30.3 Å². The lowest BCUT2D eigenvalue weighted by atomic mass is 9.83. The van der Waals surface area contributed by atoms with Crippen molar-refractivity contribution >= 4 is 32.7 Å². The van der Waals surface area contributed by atoms with Gasteiger partial charge >= 0.3 is 0 Å². The minimum Gasteiger partial charge on any atom is -0.387 e. The van der Waals surface area contributed by atoms with Crippen molar-refractivity contribution in [3.8, 4) is 0 Å². The number of fused-ring (bicyclic) bond motifs is 2. The molecule has 1 saturated carbocycles. The van der Waals surface area contributed by atoms with Gasteiger partial charge in [-0.15, -0.1) is 0 Å². The summed E-state index contributed by atoms with van der Waals surface area (Å²) in [5, 5.41) is 13.5. The van der Waals surface area contributed by atoms with E-state index < -0.39 is 52.8 Å². The number of amides is 2. The van der Waals surface area contributed by atoms with E-state index in [2.05, 4.69) is 0 Å². The predicted octanol–water partition coefficient (Wildman–Crippen LogP) is 10.1. The van der Waals surface area contributed by atoms with E-state index in [1.165, 1.54) is 8.87 Å². The van der Waals surface area contributed by atoms with Crippen LogP contribution in [0.3, 0.4) is 0 Å². The fourth-order valence-electron chi connectivity index (χ4n) is 9.63. The number of rotatable bonds is 23. The molecule has 6 aromatic carbocycles. The van der Waals surface area contributed by atoms with Crippen molar-refractivity contribution in [3.63, 3.8) is 0 Å². The number of carbonyl (C=O) groups is 2. The van der Waals surface area contributed by atoms with E-state index in [-0.39, 0.29) is 36.5 Å². The highest BCUT2D eigenvalue weighted by atomic mass is 32.2. The predicted molar refractivity (Wildman–Crippen MR) is 270 cm³/mol. The van der Waals surface area contributed by atoms with E-state index in [9.17, 15) is 23.1 Å². The van der Waals surface area contributed by atoms with Crippen LogP contribution in [0.2, 0.25) is 0 Å². The fourth-order valence-corrected chi connectivity index (χ4v) is 11.0. The van der Waals surface area contributed by atoms with Crippen LogP contribution in [0.5, 0.6) is 0 Å². The van der Waals surface area contributed by atoms with E-state index in [0.717, 1.165) is 36.0 Å². The Kier molecular flexibility index (Phi) is 16.3.